The Bertz CT molecular complexity index is 698. The molecule has 0 amide bonds. The van der Waals surface area contributed by atoms with E-state index in [0.29, 0.717) is 12.0 Å². The van der Waals surface area contributed by atoms with E-state index in [-0.39, 0.29) is 0 Å². The normalized spacial score (nSPS) is 21.2. The Hall–Kier alpha value is -2.50. The summed E-state index contributed by atoms with van der Waals surface area (Å²) in [6.45, 7) is 5.00. The molecular weight excluding hydrogens is 314 g/mol. The van der Waals surface area contributed by atoms with E-state index < -0.39 is 0 Å². The second-order valence-electron chi connectivity index (χ2n) is 6.54. The van der Waals surface area contributed by atoms with Gasteiger partial charge >= 0.3 is 0 Å². The first-order valence-corrected chi connectivity index (χ1v) is 8.77. The Morgan fingerprint density at radius 2 is 2.32 bits per heavy atom. The number of hydrogen-bond acceptors (Lipinski definition) is 3. The summed E-state index contributed by atoms with van der Waals surface area (Å²) in [4.78, 5) is 11.0. The number of nitrogens with zero attached hydrogens (tertiary/aromatic N) is 4. The predicted octanol–water partition coefficient (Wildman–Crippen LogP) is 2.55. The Morgan fingerprint density at radius 1 is 1.44 bits per heavy atom. The molecule has 0 radical (unpaired) electrons. The van der Waals surface area contributed by atoms with Crippen molar-refractivity contribution in [2.45, 2.75) is 25.9 Å². The lowest BCUT2D eigenvalue weighted by Gasteiger charge is -2.39. The van der Waals surface area contributed by atoms with Gasteiger partial charge in [0.05, 0.1) is 19.5 Å². The van der Waals surface area contributed by atoms with Gasteiger partial charge in [-0.3, -0.25) is 4.99 Å². The molecule has 1 aliphatic heterocycles. The molecule has 2 heterocycles. The van der Waals surface area contributed by atoms with Crippen LogP contribution >= 0.6 is 0 Å². The number of benzene rings is 1. The molecule has 0 saturated carbocycles. The van der Waals surface area contributed by atoms with Crippen LogP contribution in [0.1, 0.15) is 24.9 Å². The number of piperidine rings is 1. The maximum absolute atomic E-state index is 5.29. The molecule has 1 aromatic heterocycles. The molecule has 25 heavy (non-hydrogen) atoms. The van der Waals surface area contributed by atoms with Crippen LogP contribution in [0.5, 0.6) is 5.75 Å². The van der Waals surface area contributed by atoms with Crippen molar-refractivity contribution >= 4 is 5.96 Å². The van der Waals surface area contributed by atoms with Crippen LogP contribution in [0.25, 0.3) is 0 Å². The highest BCUT2D eigenvalue weighted by Gasteiger charge is 2.28. The lowest BCUT2D eigenvalue weighted by atomic mass is 9.93. The number of rotatable bonds is 4. The van der Waals surface area contributed by atoms with Crippen LogP contribution < -0.4 is 10.1 Å². The molecule has 1 saturated heterocycles. The molecule has 6 heteroatoms. The van der Waals surface area contributed by atoms with Crippen molar-refractivity contribution in [3.8, 4) is 5.75 Å². The van der Waals surface area contributed by atoms with E-state index in [1.807, 2.05) is 37.8 Å². The summed E-state index contributed by atoms with van der Waals surface area (Å²) in [6.07, 6.45) is 6.96. The van der Waals surface area contributed by atoms with E-state index in [2.05, 4.69) is 43.9 Å². The number of aromatic nitrogens is 2. The van der Waals surface area contributed by atoms with Crippen molar-refractivity contribution in [3.63, 3.8) is 0 Å². The Morgan fingerprint density at radius 3 is 3.04 bits per heavy atom. The van der Waals surface area contributed by atoms with Gasteiger partial charge in [-0.05, 0) is 30.0 Å². The molecule has 0 bridgehead atoms. The van der Waals surface area contributed by atoms with E-state index in [1.165, 1.54) is 5.56 Å². The third-order valence-electron chi connectivity index (χ3n) is 4.92. The van der Waals surface area contributed by atoms with E-state index in [1.54, 1.807) is 7.11 Å². The average molecular weight is 341 g/mol. The highest BCUT2D eigenvalue weighted by molar-refractivity contribution is 5.80. The van der Waals surface area contributed by atoms with Gasteiger partial charge < -0.3 is 19.5 Å². The van der Waals surface area contributed by atoms with Gasteiger partial charge in [0.15, 0.2) is 5.96 Å². The first-order chi connectivity index (χ1) is 12.2. The van der Waals surface area contributed by atoms with Crippen LogP contribution in [0.15, 0.2) is 48.0 Å². The van der Waals surface area contributed by atoms with Gasteiger partial charge in [-0.2, -0.15) is 0 Å². The molecule has 0 spiro atoms. The van der Waals surface area contributed by atoms with Gasteiger partial charge in [0.25, 0.3) is 0 Å². The second-order valence-corrected chi connectivity index (χ2v) is 6.54. The third kappa shape index (κ3) is 4.13. The smallest absolute Gasteiger partial charge is 0.193 e. The first kappa shape index (κ1) is 17.3. The topological polar surface area (TPSA) is 54.7 Å². The van der Waals surface area contributed by atoms with Crippen LogP contribution in [0.4, 0.5) is 0 Å². The molecule has 1 aromatic carbocycles. The maximum atomic E-state index is 5.29. The fourth-order valence-corrected chi connectivity index (χ4v) is 3.39. The standard InChI is InChI=1S/C19H27N5O/c1-15-7-9-23(13-18(15)24-10-8-21-14-24)19(20-2)22-12-16-5-4-6-17(11-16)25-3/h4-6,8,10-11,14-15,18H,7,9,12-13H2,1-3H3,(H,20,22). The number of imidazole rings is 1. The quantitative estimate of drug-likeness (QED) is 0.686. The molecule has 2 atom stereocenters. The van der Waals surface area contributed by atoms with E-state index >= 15 is 0 Å². The van der Waals surface area contributed by atoms with Crippen molar-refractivity contribution in [3.05, 3.63) is 48.5 Å². The Kier molecular flexibility index (Phi) is 5.58. The molecule has 2 aromatic rings. The summed E-state index contributed by atoms with van der Waals surface area (Å²) in [6, 6.07) is 8.53. The van der Waals surface area contributed by atoms with Gasteiger partial charge in [0.1, 0.15) is 5.75 Å². The number of ether oxygens (including phenoxy) is 1. The number of guanidine groups is 1. The fraction of sp³-hybridized carbons (Fsp3) is 0.474. The van der Waals surface area contributed by atoms with Gasteiger partial charge in [-0.15, -0.1) is 0 Å². The molecular formula is C19H27N5O. The second kappa shape index (κ2) is 8.05. The first-order valence-electron chi connectivity index (χ1n) is 8.77. The van der Waals surface area contributed by atoms with Crippen molar-refractivity contribution in [2.24, 2.45) is 10.9 Å². The summed E-state index contributed by atoms with van der Waals surface area (Å²) in [5.74, 6) is 2.45. The van der Waals surface area contributed by atoms with Gasteiger partial charge in [-0.1, -0.05) is 19.1 Å². The highest BCUT2D eigenvalue weighted by atomic mass is 16.5. The third-order valence-corrected chi connectivity index (χ3v) is 4.92. The minimum Gasteiger partial charge on any atom is -0.497 e. The Labute approximate surface area is 149 Å². The van der Waals surface area contributed by atoms with E-state index in [9.17, 15) is 0 Å². The fourth-order valence-electron chi connectivity index (χ4n) is 3.39. The van der Waals surface area contributed by atoms with Crippen molar-refractivity contribution in [1.29, 1.82) is 0 Å². The summed E-state index contributed by atoms with van der Waals surface area (Å²) < 4.78 is 7.51. The zero-order valence-corrected chi connectivity index (χ0v) is 15.2. The minimum atomic E-state index is 0.423. The van der Waals surface area contributed by atoms with Crippen molar-refractivity contribution in [2.75, 3.05) is 27.2 Å². The molecule has 1 aliphatic rings. The van der Waals surface area contributed by atoms with Crippen LogP contribution in [0.2, 0.25) is 0 Å². The summed E-state index contributed by atoms with van der Waals surface area (Å²) in [7, 11) is 3.54. The molecule has 1 N–H and O–H groups in total. The van der Waals surface area contributed by atoms with Crippen molar-refractivity contribution in [1.82, 2.24) is 19.8 Å². The molecule has 1 fully saturated rings. The molecule has 0 aliphatic carbocycles. The van der Waals surface area contributed by atoms with Gasteiger partial charge in [0, 0.05) is 39.1 Å². The van der Waals surface area contributed by atoms with Crippen LogP contribution in [0.3, 0.4) is 0 Å². The van der Waals surface area contributed by atoms with Crippen LogP contribution in [-0.2, 0) is 6.54 Å². The van der Waals surface area contributed by atoms with Crippen LogP contribution in [-0.4, -0.2) is 47.7 Å². The molecule has 134 valence electrons. The maximum Gasteiger partial charge on any atom is 0.193 e. The predicted molar refractivity (Wildman–Crippen MR) is 99.8 cm³/mol. The zero-order valence-electron chi connectivity index (χ0n) is 15.2. The summed E-state index contributed by atoms with van der Waals surface area (Å²) in [5, 5.41) is 3.48. The lowest BCUT2D eigenvalue weighted by Crippen LogP contribution is -2.48. The molecule has 2 unspecified atom stereocenters. The summed E-state index contributed by atoms with van der Waals surface area (Å²) in [5.41, 5.74) is 1.18. The Balaban J connectivity index is 1.64. The number of nitrogens with one attached hydrogen (secondary N) is 1. The average Bonchev–Trinajstić information content (AvgIpc) is 3.18. The molecule has 6 nitrogen and oxygen atoms in total. The minimum absolute atomic E-state index is 0.423. The summed E-state index contributed by atoms with van der Waals surface area (Å²) >= 11 is 0. The number of aliphatic imine (C=N–C) groups is 1. The monoisotopic (exact) mass is 341 g/mol. The van der Waals surface area contributed by atoms with E-state index in [0.717, 1.165) is 37.8 Å². The number of likely N-dealkylation sites (tertiary alicyclic amines) is 1. The highest BCUT2D eigenvalue weighted by Crippen LogP contribution is 2.27. The van der Waals surface area contributed by atoms with E-state index in [4.69, 9.17) is 4.74 Å². The van der Waals surface area contributed by atoms with Gasteiger partial charge in [-0.25, -0.2) is 4.98 Å². The number of hydrogen-bond donors (Lipinski definition) is 1. The van der Waals surface area contributed by atoms with Crippen LogP contribution in [0, 0.1) is 5.92 Å². The van der Waals surface area contributed by atoms with Crippen molar-refractivity contribution < 1.29 is 4.74 Å². The largest absolute Gasteiger partial charge is 0.497 e. The SMILES string of the molecule is CN=C(NCc1cccc(OC)c1)N1CCC(C)C(n2ccnc2)C1. The molecule has 3 rings (SSSR count). The van der Waals surface area contributed by atoms with Gasteiger partial charge in [0.2, 0.25) is 0 Å². The lowest BCUT2D eigenvalue weighted by molar-refractivity contribution is 0.189. The number of methoxy groups -OCH3 is 1. The zero-order chi connectivity index (χ0) is 17.6.